The van der Waals surface area contributed by atoms with Crippen LogP contribution in [0.25, 0.3) is 22.5 Å². The summed E-state index contributed by atoms with van der Waals surface area (Å²) in [6, 6.07) is 12.2. The van der Waals surface area contributed by atoms with E-state index < -0.39 is 0 Å². The highest BCUT2D eigenvalue weighted by molar-refractivity contribution is 5.67. The van der Waals surface area contributed by atoms with E-state index in [2.05, 4.69) is 15.2 Å². The first-order valence-electron chi connectivity index (χ1n) is 5.55. The van der Waals surface area contributed by atoms with Crippen molar-refractivity contribution in [3.63, 3.8) is 0 Å². The highest BCUT2D eigenvalue weighted by Crippen LogP contribution is 2.24. The van der Waals surface area contributed by atoms with Crippen LogP contribution in [0.2, 0.25) is 0 Å². The molecule has 3 rings (SSSR count). The molecule has 0 aliphatic heterocycles. The molecule has 88 valence electrons. The van der Waals surface area contributed by atoms with E-state index in [1.165, 1.54) is 6.07 Å². The van der Waals surface area contributed by atoms with E-state index in [4.69, 9.17) is 0 Å². The molecule has 0 atom stereocenters. The van der Waals surface area contributed by atoms with Crippen molar-refractivity contribution in [2.45, 2.75) is 0 Å². The van der Waals surface area contributed by atoms with Gasteiger partial charge in [0.25, 0.3) is 0 Å². The van der Waals surface area contributed by atoms with Crippen molar-refractivity contribution in [3.8, 4) is 22.5 Å². The van der Waals surface area contributed by atoms with Crippen molar-refractivity contribution >= 4 is 0 Å². The molecule has 0 saturated carbocycles. The van der Waals surface area contributed by atoms with E-state index in [-0.39, 0.29) is 5.82 Å². The Bertz CT molecular complexity index is 662. The number of aromatic nitrogens is 3. The van der Waals surface area contributed by atoms with E-state index in [1.807, 2.05) is 18.2 Å². The number of nitrogens with one attached hydrogen (secondary N) is 1. The number of hydrogen-bond donors (Lipinski definition) is 1. The number of pyridine rings is 1. The topological polar surface area (TPSA) is 41.6 Å². The van der Waals surface area contributed by atoms with Crippen molar-refractivity contribution in [2.75, 3.05) is 0 Å². The van der Waals surface area contributed by atoms with Crippen LogP contribution in [0.5, 0.6) is 0 Å². The monoisotopic (exact) mass is 239 g/mol. The summed E-state index contributed by atoms with van der Waals surface area (Å²) in [5.41, 5.74) is 2.82. The van der Waals surface area contributed by atoms with Gasteiger partial charge in [0.15, 0.2) is 0 Å². The van der Waals surface area contributed by atoms with Crippen LogP contribution in [0, 0.1) is 5.82 Å². The third kappa shape index (κ3) is 1.88. The summed E-state index contributed by atoms with van der Waals surface area (Å²) in [6.07, 6.45) is 3.43. The normalized spacial score (nSPS) is 10.5. The van der Waals surface area contributed by atoms with Gasteiger partial charge in [-0.1, -0.05) is 12.1 Å². The molecule has 0 amide bonds. The number of halogens is 1. The lowest BCUT2D eigenvalue weighted by Crippen LogP contribution is -1.82. The van der Waals surface area contributed by atoms with E-state index in [0.717, 1.165) is 11.3 Å². The van der Waals surface area contributed by atoms with Gasteiger partial charge in [0.2, 0.25) is 0 Å². The lowest BCUT2D eigenvalue weighted by Gasteiger charge is -1.97. The van der Waals surface area contributed by atoms with Gasteiger partial charge in [-0.05, 0) is 30.3 Å². The predicted octanol–water partition coefficient (Wildman–Crippen LogP) is 3.28. The van der Waals surface area contributed by atoms with Crippen molar-refractivity contribution < 1.29 is 4.39 Å². The summed E-state index contributed by atoms with van der Waals surface area (Å²) in [5.74, 6) is -0.265. The number of benzene rings is 1. The fourth-order valence-electron chi connectivity index (χ4n) is 1.80. The Morgan fingerprint density at radius 1 is 1.06 bits per heavy atom. The van der Waals surface area contributed by atoms with Crippen LogP contribution >= 0.6 is 0 Å². The molecule has 0 aliphatic rings. The molecule has 1 N–H and O–H groups in total. The summed E-state index contributed by atoms with van der Waals surface area (Å²) >= 11 is 0. The molecule has 0 saturated heterocycles. The second-order valence-corrected chi connectivity index (χ2v) is 3.89. The zero-order valence-corrected chi connectivity index (χ0v) is 9.47. The molecule has 1 aromatic carbocycles. The van der Waals surface area contributed by atoms with Crippen LogP contribution in [0.1, 0.15) is 0 Å². The molecule has 0 unspecified atom stereocenters. The molecule has 3 nitrogen and oxygen atoms in total. The smallest absolute Gasteiger partial charge is 0.132 e. The van der Waals surface area contributed by atoms with Gasteiger partial charge < -0.3 is 0 Å². The number of aromatic amines is 1. The minimum absolute atomic E-state index is 0.265. The summed E-state index contributed by atoms with van der Waals surface area (Å²) < 4.78 is 13.6. The van der Waals surface area contributed by atoms with Crippen LogP contribution in [0.4, 0.5) is 4.39 Å². The molecule has 2 heterocycles. The SMILES string of the molecule is Fc1ccccc1-c1cc(-c2cccnc2)n[nH]1. The first-order chi connectivity index (χ1) is 8.84. The number of rotatable bonds is 2. The fourth-order valence-corrected chi connectivity index (χ4v) is 1.80. The largest absolute Gasteiger partial charge is 0.277 e. The Morgan fingerprint density at radius 3 is 2.72 bits per heavy atom. The third-order valence-corrected chi connectivity index (χ3v) is 2.70. The van der Waals surface area contributed by atoms with Crippen LogP contribution in [-0.4, -0.2) is 15.2 Å². The van der Waals surface area contributed by atoms with Gasteiger partial charge in [0.1, 0.15) is 5.82 Å². The van der Waals surface area contributed by atoms with Crippen LogP contribution in [-0.2, 0) is 0 Å². The van der Waals surface area contributed by atoms with Crippen molar-refractivity contribution in [1.82, 2.24) is 15.2 Å². The van der Waals surface area contributed by atoms with Gasteiger partial charge in [-0.25, -0.2) is 4.39 Å². The summed E-state index contributed by atoms with van der Waals surface area (Å²) in [5, 5.41) is 7.02. The molecule has 4 heteroatoms. The quantitative estimate of drug-likeness (QED) is 0.745. The Hall–Kier alpha value is -2.49. The molecule has 0 spiro atoms. The Labute approximate surface area is 103 Å². The number of nitrogens with zero attached hydrogens (tertiary/aromatic N) is 2. The Balaban J connectivity index is 2.03. The maximum atomic E-state index is 13.6. The standard InChI is InChI=1S/C14H10FN3/c15-12-6-2-1-5-11(12)14-8-13(17-18-14)10-4-3-7-16-9-10/h1-9H,(H,17,18). The molecule has 2 aromatic heterocycles. The Morgan fingerprint density at radius 2 is 1.94 bits per heavy atom. The van der Waals surface area contributed by atoms with Crippen molar-refractivity contribution in [3.05, 3.63) is 60.7 Å². The third-order valence-electron chi connectivity index (χ3n) is 2.70. The molecule has 0 radical (unpaired) electrons. The van der Waals surface area contributed by atoms with E-state index >= 15 is 0 Å². The maximum Gasteiger partial charge on any atom is 0.132 e. The lowest BCUT2D eigenvalue weighted by molar-refractivity contribution is 0.630. The molecule has 0 bridgehead atoms. The van der Waals surface area contributed by atoms with Gasteiger partial charge in [-0.2, -0.15) is 5.10 Å². The highest BCUT2D eigenvalue weighted by atomic mass is 19.1. The van der Waals surface area contributed by atoms with Crippen molar-refractivity contribution in [1.29, 1.82) is 0 Å². The summed E-state index contributed by atoms with van der Waals surface area (Å²) in [4.78, 5) is 4.03. The second-order valence-electron chi connectivity index (χ2n) is 3.89. The first kappa shape index (κ1) is 10.7. The van der Waals surface area contributed by atoms with Gasteiger partial charge in [0.05, 0.1) is 11.4 Å². The summed E-state index contributed by atoms with van der Waals surface area (Å²) in [7, 11) is 0. The molecule has 18 heavy (non-hydrogen) atoms. The minimum Gasteiger partial charge on any atom is -0.277 e. The van der Waals surface area contributed by atoms with E-state index in [9.17, 15) is 4.39 Å². The van der Waals surface area contributed by atoms with Gasteiger partial charge in [-0.15, -0.1) is 0 Å². The summed E-state index contributed by atoms with van der Waals surface area (Å²) in [6.45, 7) is 0. The molecule has 0 aliphatic carbocycles. The number of hydrogen-bond acceptors (Lipinski definition) is 2. The second kappa shape index (κ2) is 4.41. The maximum absolute atomic E-state index is 13.6. The van der Waals surface area contributed by atoms with Crippen LogP contribution in [0.15, 0.2) is 54.9 Å². The minimum atomic E-state index is -0.265. The molecular weight excluding hydrogens is 229 g/mol. The fraction of sp³-hybridized carbons (Fsp3) is 0. The first-order valence-corrected chi connectivity index (χ1v) is 5.55. The average molecular weight is 239 g/mol. The van der Waals surface area contributed by atoms with E-state index in [0.29, 0.717) is 11.3 Å². The van der Waals surface area contributed by atoms with Gasteiger partial charge in [0, 0.05) is 23.5 Å². The van der Waals surface area contributed by atoms with E-state index in [1.54, 1.807) is 30.6 Å². The molecular formula is C14H10FN3. The molecule has 3 aromatic rings. The zero-order chi connectivity index (χ0) is 12.4. The number of H-pyrrole nitrogens is 1. The van der Waals surface area contributed by atoms with Crippen LogP contribution < -0.4 is 0 Å². The lowest BCUT2D eigenvalue weighted by atomic mass is 10.1. The average Bonchev–Trinajstić information content (AvgIpc) is 2.90. The molecule has 0 fully saturated rings. The predicted molar refractivity (Wildman–Crippen MR) is 67.2 cm³/mol. The zero-order valence-electron chi connectivity index (χ0n) is 9.47. The Kier molecular flexibility index (Phi) is 2.61. The van der Waals surface area contributed by atoms with Gasteiger partial charge in [-0.3, -0.25) is 10.1 Å². The van der Waals surface area contributed by atoms with Crippen LogP contribution in [0.3, 0.4) is 0 Å². The van der Waals surface area contributed by atoms with Gasteiger partial charge >= 0.3 is 0 Å². The highest BCUT2D eigenvalue weighted by Gasteiger charge is 2.08. The van der Waals surface area contributed by atoms with Crippen molar-refractivity contribution in [2.24, 2.45) is 0 Å².